The summed E-state index contributed by atoms with van der Waals surface area (Å²) in [5.74, 6) is 0.488. The Morgan fingerprint density at radius 2 is 1.73 bits per heavy atom. The number of nitrogens with one attached hydrogen (secondary N) is 1. The molecule has 5 aromatic rings. The van der Waals surface area contributed by atoms with Gasteiger partial charge < -0.3 is 5.32 Å². The Bertz CT molecular complexity index is 1570. The Hall–Kier alpha value is -3.89. The number of hydrogen-bond acceptors (Lipinski definition) is 6. The largest absolute Gasteiger partial charge is 0.319 e. The smallest absolute Gasteiger partial charge is 0.295 e. The van der Waals surface area contributed by atoms with E-state index in [9.17, 15) is 9.59 Å². The highest BCUT2D eigenvalue weighted by molar-refractivity contribution is 8.00. The average Bonchev–Trinajstić information content (AvgIpc) is 3.62. The second kappa shape index (κ2) is 10.6. The van der Waals surface area contributed by atoms with Gasteiger partial charge in [-0.3, -0.25) is 18.8 Å². The molecule has 0 bridgehead atoms. The predicted octanol–water partition coefficient (Wildman–Crippen LogP) is 4.97. The molecule has 0 aliphatic carbocycles. The first-order valence-corrected chi connectivity index (χ1v) is 13.5. The van der Waals surface area contributed by atoms with Crippen molar-refractivity contribution in [3.05, 3.63) is 99.8 Å². The van der Waals surface area contributed by atoms with Gasteiger partial charge in [0.15, 0.2) is 11.0 Å². The standard InChI is InChI=1S/C27H26N6O2S2/c1-18-23(26(35)33(31(18)3)21-13-8-5-9-14-21)28-25(34)19(2)37-27-30-29-24(22-15-10-16-36-22)32(27)17-20-11-6-4-7-12-20/h4-16,19H,17H2,1-3H3,(H,28,34)/t19-/m1/s1. The van der Waals surface area contributed by atoms with Crippen molar-refractivity contribution in [1.82, 2.24) is 24.1 Å². The molecule has 5 rings (SSSR count). The van der Waals surface area contributed by atoms with Crippen LogP contribution in [0.2, 0.25) is 0 Å². The molecule has 0 fully saturated rings. The number of amides is 1. The first kappa shape index (κ1) is 24.8. The van der Waals surface area contributed by atoms with E-state index >= 15 is 0 Å². The van der Waals surface area contributed by atoms with Gasteiger partial charge in [0.05, 0.1) is 28.1 Å². The third-order valence-corrected chi connectivity index (χ3v) is 8.04. The van der Waals surface area contributed by atoms with E-state index in [0.29, 0.717) is 17.4 Å². The number of hydrogen-bond donors (Lipinski definition) is 1. The van der Waals surface area contributed by atoms with E-state index in [2.05, 4.69) is 27.6 Å². The molecule has 1 atom stereocenters. The maximum absolute atomic E-state index is 13.2. The lowest BCUT2D eigenvalue weighted by Gasteiger charge is -2.13. The minimum absolute atomic E-state index is 0.272. The summed E-state index contributed by atoms with van der Waals surface area (Å²) < 4.78 is 5.33. The minimum atomic E-state index is -0.515. The SMILES string of the molecule is Cc1c(NC(=O)[C@@H](C)Sc2nnc(-c3cccs3)n2Cc2ccccc2)c(=O)n(-c2ccccc2)n1C. The number of rotatable bonds is 8. The summed E-state index contributed by atoms with van der Waals surface area (Å²) >= 11 is 2.92. The molecule has 3 aromatic heterocycles. The lowest BCUT2D eigenvalue weighted by atomic mass is 10.2. The molecule has 2 aromatic carbocycles. The van der Waals surface area contributed by atoms with Gasteiger partial charge in [0.2, 0.25) is 5.91 Å². The van der Waals surface area contributed by atoms with Crippen LogP contribution in [-0.2, 0) is 18.4 Å². The molecular weight excluding hydrogens is 504 g/mol. The molecule has 1 N–H and O–H groups in total. The first-order valence-electron chi connectivity index (χ1n) is 11.8. The van der Waals surface area contributed by atoms with Crippen molar-refractivity contribution in [3.8, 4) is 16.4 Å². The molecule has 0 radical (unpaired) electrons. The van der Waals surface area contributed by atoms with E-state index < -0.39 is 5.25 Å². The van der Waals surface area contributed by atoms with Crippen molar-refractivity contribution >= 4 is 34.7 Å². The fraction of sp³-hybridized carbons (Fsp3) is 0.185. The summed E-state index contributed by atoms with van der Waals surface area (Å²) in [5.41, 5.74) is 2.51. The van der Waals surface area contributed by atoms with E-state index in [1.807, 2.05) is 77.5 Å². The summed E-state index contributed by atoms with van der Waals surface area (Å²) in [6.07, 6.45) is 0. The summed E-state index contributed by atoms with van der Waals surface area (Å²) in [4.78, 5) is 27.5. The molecule has 0 spiro atoms. The van der Waals surface area contributed by atoms with Crippen LogP contribution in [-0.4, -0.2) is 35.3 Å². The highest BCUT2D eigenvalue weighted by Crippen LogP contribution is 2.30. The second-order valence-electron chi connectivity index (χ2n) is 8.54. The molecule has 0 unspecified atom stereocenters. The zero-order valence-corrected chi connectivity index (χ0v) is 22.3. The first-order chi connectivity index (χ1) is 17.9. The van der Waals surface area contributed by atoms with E-state index in [1.54, 1.807) is 34.7 Å². The van der Waals surface area contributed by atoms with Gasteiger partial charge in [-0.25, -0.2) is 4.68 Å². The van der Waals surface area contributed by atoms with Crippen molar-refractivity contribution in [2.45, 2.75) is 30.8 Å². The molecule has 37 heavy (non-hydrogen) atoms. The highest BCUT2D eigenvalue weighted by Gasteiger charge is 2.24. The normalized spacial score (nSPS) is 12.0. The fourth-order valence-electron chi connectivity index (χ4n) is 4.02. The molecule has 0 aliphatic heterocycles. The molecule has 0 saturated heterocycles. The Morgan fingerprint density at radius 3 is 2.41 bits per heavy atom. The maximum Gasteiger partial charge on any atom is 0.295 e. The summed E-state index contributed by atoms with van der Waals surface area (Å²) in [6, 6.07) is 23.4. The Balaban J connectivity index is 1.40. The number of para-hydroxylation sites is 1. The summed E-state index contributed by atoms with van der Waals surface area (Å²) in [5, 5.41) is 13.9. The number of thiophene rings is 1. The Morgan fingerprint density at radius 1 is 1.03 bits per heavy atom. The van der Waals surface area contributed by atoms with Crippen LogP contribution in [0.4, 0.5) is 5.69 Å². The quantitative estimate of drug-likeness (QED) is 0.286. The van der Waals surface area contributed by atoms with Crippen molar-refractivity contribution in [2.75, 3.05) is 5.32 Å². The van der Waals surface area contributed by atoms with Crippen molar-refractivity contribution in [2.24, 2.45) is 7.05 Å². The third-order valence-electron chi connectivity index (χ3n) is 6.10. The summed E-state index contributed by atoms with van der Waals surface area (Å²) in [6.45, 7) is 4.20. The van der Waals surface area contributed by atoms with E-state index in [1.165, 1.54) is 11.8 Å². The molecule has 10 heteroatoms. The number of anilines is 1. The fourth-order valence-corrected chi connectivity index (χ4v) is 5.59. The van der Waals surface area contributed by atoms with E-state index in [0.717, 1.165) is 22.0 Å². The van der Waals surface area contributed by atoms with Crippen LogP contribution in [0.3, 0.4) is 0 Å². The van der Waals surface area contributed by atoms with Gasteiger partial charge in [-0.1, -0.05) is 66.4 Å². The zero-order valence-electron chi connectivity index (χ0n) is 20.7. The van der Waals surface area contributed by atoms with Crippen LogP contribution < -0.4 is 10.9 Å². The molecule has 1 amide bonds. The second-order valence-corrected chi connectivity index (χ2v) is 10.8. The monoisotopic (exact) mass is 530 g/mol. The number of carbonyl (C=O) groups is 1. The minimum Gasteiger partial charge on any atom is -0.319 e. The maximum atomic E-state index is 13.2. The van der Waals surface area contributed by atoms with Crippen LogP contribution in [0.25, 0.3) is 16.4 Å². The van der Waals surface area contributed by atoms with E-state index in [4.69, 9.17) is 0 Å². The number of carbonyl (C=O) groups excluding carboxylic acids is 1. The predicted molar refractivity (Wildman–Crippen MR) is 149 cm³/mol. The van der Waals surface area contributed by atoms with E-state index in [-0.39, 0.29) is 17.2 Å². The van der Waals surface area contributed by atoms with Crippen LogP contribution in [0, 0.1) is 6.92 Å². The number of aromatic nitrogens is 5. The van der Waals surface area contributed by atoms with Crippen LogP contribution in [0.1, 0.15) is 18.2 Å². The Labute approximate surface area is 222 Å². The topological polar surface area (TPSA) is 86.7 Å². The number of thioether (sulfide) groups is 1. The third kappa shape index (κ3) is 5.03. The van der Waals surface area contributed by atoms with Crippen LogP contribution in [0.5, 0.6) is 0 Å². The van der Waals surface area contributed by atoms with Gasteiger partial charge >= 0.3 is 0 Å². The molecule has 0 aliphatic rings. The van der Waals surface area contributed by atoms with Gasteiger partial charge in [-0.05, 0) is 43.0 Å². The molecule has 0 saturated carbocycles. The van der Waals surface area contributed by atoms with Crippen LogP contribution in [0.15, 0.2) is 88.1 Å². The highest BCUT2D eigenvalue weighted by atomic mass is 32.2. The molecule has 188 valence electrons. The van der Waals surface area contributed by atoms with Crippen molar-refractivity contribution in [3.63, 3.8) is 0 Å². The van der Waals surface area contributed by atoms with Gasteiger partial charge in [0.1, 0.15) is 5.69 Å². The number of benzene rings is 2. The van der Waals surface area contributed by atoms with Crippen molar-refractivity contribution < 1.29 is 4.79 Å². The average molecular weight is 531 g/mol. The molecule has 8 nitrogen and oxygen atoms in total. The van der Waals surface area contributed by atoms with Gasteiger partial charge in [-0.15, -0.1) is 21.5 Å². The van der Waals surface area contributed by atoms with Crippen molar-refractivity contribution in [1.29, 1.82) is 0 Å². The van der Waals surface area contributed by atoms with Crippen LogP contribution >= 0.6 is 23.1 Å². The number of nitrogens with zero attached hydrogens (tertiary/aromatic N) is 5. The molecular formula is C27H26N6O2S2. The molecule has 3 heterocycles. The zero-order chi connectivity index (χ0) is 25.9. The lowest BCUT2D eigenvalue weighted by molar-refractivity contribution is -0.115. The van der Waals surface area contributed by atoms with Gasteiger partial charge in [0.25, 0.3) is 5.56 Å². The Kier molecular flexibility index (Phi) is 7.11. The lowest BCUT2D eigenvalue weighted by Crippen LogP contribution is -2.27. The van der Waals surface area contributed by atoms with Gasteiger partial charge in [-0.2, -0.15) is 0 Å². The summed E-state index contributed by atoms with van der Waals surface area (Å²) in [7, 11) is 1.80. The van der Waals surface area contributed by atoms with Gasteiger partial charge in [0, 0.05) is 7.05 Å².